The van der Waals surface area contributed by atoms with E-state index in [1.54, 1.807) is 6.92 Å². The highest BCUT2D eigenvalue weighted by molar-refractivity contribution is 5.73. The van der Waals surface area contributed by atoms with E-state index in [-0.39, 0.29) is 5.91 Å². The van der Waals surface area contributed by atoms with E-state index in [0.29, 0.717) is 18.5 Å². The van der Waals surface area contributed by atoms with Crippen molar-refractivity contribution in [1.29, 1.82) is 0 Å². The third-order valence-corrected chi connectivity index (χ3v) is 5.29. The van der Waals surface area contributed by atoms with E-state index < -0.39 is 11.6 Å². The molecule has 2 heterocycles. The van der Waals surface area contributed by atoms with Crippen LogP contribution in [0.5, 0.6) is 0 Å². The van der Waals surface area contributed by atoms with Gasteiger partial charge in [0, 0.05) is 57.2 Å². The molecule has 3 aromatic rings. The summed E-state index contributed by atoms with van der Waals surface area (Å²) in [7, 11) is 1.94. The van der Waals surface area contributed by atoms with Crippen molar-refractivity contribution in [1.82, 2.24) is 14.7 Å². The Morgan fingerprint density at radius 2 is 1.75 bits per heavy atom. The number of aryl methyl sites for hydroxylation is 1. The van der Waals surface area contributed by atoms with Crippen LogP contribution in [0.1, 0.15) is 29.4 Å². The molecule has 0 fully saturated rings. The van der Waals surface area contributed by atoms with Gasteiger partial charge >= 0.3 is 0 Å². The molecule has 0 N–H and O–H groups in total. The summed E-state index contributed by atoms with van der Waals surface area (Å²) in [5.74, 6) is -1.10. The van der Waals surface area contributed by atoms with E-state index in [0.717, 1.165) is 41.4 Å². The molecule has 0 unspecified atom stereocenters. The van der Waals surface area contributed by atoms with Crippen molar-refractivity contribution in [3.05, 3.63) is 76.6 Å². The summed E-state index contributed by atoms with van der Waals surface area (Å²) in [6, 6.07) is 11.1. The van der Waals surface area contributed by atoms with Crippen LogP contribution < -0.4 is 0 Å². The molecule has 1 aliphatic rings. The molecule has 1 aliphatic heterocycles. The predicted octanol–water partition coefficient (Wildman–Crippen LogP) is 3.86. The SMILES string of the molecule is CC(=O)N1CCc2c(c(Cc3ccc(-c4cc(F)cc(F)c4)cc3)nn2C)C1. The fourth-order valence-corrected chi connectivity index (χ4v) is 3.81. The van der Waals surface area contributed by atoms with Gasteiger partial charge < -0.3 is 4.90 Å². The lowest BCUT2D eigenvalue weighted by atomic mass is 9.98. The number of hydrogen-bond donors (Lipinski definition) is 0. The zero-order valence-electron chi connectivity index (χ0n) is 15.9. The first-order valence-corrected chi connectivity index (χ1v) is 9.25. The van der Waals surface area contributed by atoms with E-state index in [9.17, 15) is 13.6 Å². The minimum Gasteiger partial charge on any atom is -0.338 e. The maximum absolute atomic E-state index is 13.5. The Balaban J connectivity index is 1.58. The Bertz CT molecular complexity index is 1020. The average molecular weight is 381 g/mol. The Morgan fingerprint density at radius 3 is 2.39 bits per heavy atom. The molecule has 0 atom stereocenters. The second kappa shape index (κ2) is 7.19. The van der Waals surface area contributed by atoms with Gasteiger partial charge in [0.25, 0.3) is 0 Å². The lowest BCUT2D eigenvalue weighted by Crippen LogP contribution is -2.34. The molecule has 1 amide bonds. The quantitative estimate of drug-likeness (QED) is 0.691. The molecule has 0 spiro atoms. The molecule has 0 saturated carbocycles. The normalized spacial score (nSPS) is 13.5. The molecule has 1 aromatic heterocycles. The summed E-state index contributed by atoms with van der Waals surface area (Å²) in [6.45, 7) is 2.91. The third-order valence-electron chi connectivity index (χ3n) is 5.29. The number of amides is 1. The van der Waals surface area contributed by atoms with Gasteiger partial charge in [-0.15, -0.1) is 0 Å². The minimum absolute atomic E-state index is 0.0760. The van der Waals surface area contributed by atoms with E-state index in [2.05, 4.69) is 5.10 Å². The van der Waals surface area contributed by atoms with E-state index in [1.165, 1.54) is 17.8 Å². The van der Waals surface area contributed by atoms with Gasteiger partial charge in [-0.1, -0.05) is 24.3 Å². The number of halogens is 2. The monoisotopic (exact) mass is 381 g/mol. The Labute approximate surface area is 162 Å². The summed E-state index contributed by atoms with van der Waals surface area (Å²) in [4.78, 5) is 13.6. The minimum atomic E-state index is -0.589. The predicted molar refractivity (Wildman–Crippen MR) is 103 cm³/mol. The van der Waals surface area contributed by atoms with Crippen molar-refractivity contribution in [2.45, 2.75) is 26.3 Å². The smallest absolute Gasteiger partial charge is 0.219 e. The average Bonchev–Trinajstić information content (AvgIpc) is 2.96. The van der Waals surface area contributed by atoms with Gasteiger partial charge in [0.15, 0.2) is 0 Å². The summed E-state index contributed by atoms with van der Waals surface area (Å²) in [5.41, 5.74) is 5.60. The maximum atomic E-state index is 13.5. The van der Waals surface area contributed by atoms with Crippen LogP contribution in [-0.2, 0) is 31.2 Å². The van der Waals surface area contributed by atoms with Gasteiger partial charge in [-0.25, -0.2) is 8.78 Å². The topological polar surface area (TPSA) is 38.1 Å². The van der Waals surface area contributed by atoms with Crippen molar-refractivity contribution >= 4 is 5.91 Å². The van der Waals surface area contributed by atoms with Crippen molar-refractivity contribution < 1.29 is 13.6 Å². The fraction of sp³-hybridized carbons (Fsp3) is 0.273. The lowest BCUT2D eigenvalue weighted by Gasteiger charge is -2.26. The zero-order valence-corrected chi connectivity index (χ0v) is 15.9. The lowest BCUT2D eigenvalue weighted by molar-refractivity contribution is -0.129. The first-order chi connectivity index (χ1) is 13.4. The van der Waals surface area contributed by atoms with Gasteiger partial charge in [0.2, 0.25) is 5.91 Å². The molecule has 0 saturated heterocycles. The van der Waals surface area contributed by atoms with Crippen molar-refractivity contribution in [3.63, 3.8) is 0 Å². The second-order valence-electron chi connectivity index (χ2n) is 7.22. The number of carbonyl (C=O) groups is 1. The van der Waals surface area contributed by atoms with Gasteiger partial charge in [-0.05, 0) is 28.8 Å². The van der Waals surface area contributed by atoms with E-state index >= 15 is 0 Å². The van der Waals surface area contributed by atoms with Crippen LogP contribution in [0.15, 0.2) is 42.5 Å². The maximum Gasteiger partial charge on any atom is 0.219 e. The number of nitrogens with zero attached hydrogens (tertiary/aromatic N) is 3. The molecule has 2 aromatic carbocycles. The molecule has 6 heteroatoms. The largest absolute Gasteiger partial charge is 0.338 e. The number of aromatic nitrogens is 2. The van der Waals surface area contributed by atoms with Gasteiger partial charge in [0.05, 0.1) is 5.69 Å². The highest BCUT2D eigenvalue weighted by Crippen LogP contribution is 2.26. The summed E-state index contributed by atoms with van der Waals surface area (Å²) < 4.78 is 28.8. The van der Waals surface area contributed by atoms with Crippen LogP contribution in [0.3, 0.4) is 0 Å². The third kappa shape index (κ3) is 3.54. The van der Waals surface area contributed by atoms with Crippen LogP contribution in [0, 0.1) is 11.6 Å². The summed E-state index contributed by atoms with van der Waals surface area (Å²) in [5, 5.41) is 4.66. The highest BCUT2D eigenvalue weighted by atomic mass is 19.1. The molecule has 0 aliphatic carbocycles. The Hall–Kier alpha value is -3.02. The standard InChI is InChI=1S/C22H21F2N3O/c1-14(28)27-8-7-22-20(13-27)21(25-26(22)2)9-15-3-5-16(6-4-15)17-10-18(23)12-19(24)11-17/h3-6,10-12H,7-9,13H2,1-2H3. The molecule has 0 radical (unpaired) electrons. The molecule has 144 valence electrons. The van der Waals surface area contributed by atoms with Crippen LogP contribution >= 0.6 is 0 Å². The first kappa shape index (κ1) is 18.3. The van der Waals surface area contributed by atoms with Crippen molar-refractivity contribution in [2.24, 2.45) is 7.05 Å². The van der Waals surface area contributed by atoms with Gasteiger partial charge in [-0.2, -0.15) is 5.10 Å². The Kier molecular flexibility index (Phi) is 4.71. The van der Waals surface area contributed by atoms with Crippen molar-refractivity contribution in [2.75, 3.05) is 6.54 Å². The molecule has 28 heavy (non-hydrogen) atoms. The zero-order chi connectivity index (χ0) is 19.8. The number of carbonyl (C=O) groups excluding carboxylic acids is 1. The number of fused-ring (bicyclic) bond motifs is 1. The molecule has 4 nitrogen and oxygen atoms in total. The van der Waals surface area contributed by atoms with Crippen LogP contribution in [0.25, 0.3) is 11.1 Å². The number of benzene rings is 2. The van der Waals surface area contributed by atoms with Gasteiger partial charge in [-0.3, -0.25) is 9.48 Å². The van der Waals surface area contributed by atoms with Crippen LogP contribution in [0.4, 0.5) is 8.78 Å². The number of hydrogen-bond acceptors (Lipinski definition) is 2. The molecular weight excluding hydrogens is 360 g/mol. The van der Waals surface area contributed by atoms with E-state index in [4.69, 9.17) is 0 Å². The summed E-state index contributed by atoms with van der Waals surface area (Å²) in [6.07, 6.45) is 1.45. The molecular formula is C22H21F2N3O. The van der Waals surface area contributed by atoms with Crippen LogP contribution in [0.2, 0.25) is 0 Å². The second-order valence-corrected chi connectivity index (χ2v) is 7.22. The molecule has 4 rings (SSSR count). The highest BCUT2D eigenvalue weighted by Gasteiger charge is 2.25. The fourth-order valence-electron chi connectivity index (χ4n) is 3.81. The first-order valence-electron chi connectivity index (χ1n) is 9.25. The van der Waals surface area contributed by atoms with Crippen LogP contribution in [-0.4, -0.2) is 27.1 Å². The summed E-state index contributed by atoms with van der Waals surface area (Å²) >= 11 is 0. The Morgan fingerprint density at radius 1 is 1.07 bits per heavy atom. The number of rotatable bonds is 3. The van der Waals surface area contributed by atoms with Gasteiger partial charge in [0.1, 0.15) is 11.6 Å². The van der Waals surface area contributed by atoms with E-state index in [1.807, 2.05) is 40.9 Å². The van der Waals surface area contributed by atoms with Crippen molar-refractivity contribution in [3.8, 4) is 11.1 Å². The molecule has 0 bridgehead atoms.